The van der Waals surface area contributed by atoms with Gasteiger partial charge in [-0.1, -0.05) is 35.5 Å². The Morgan fingerprint density at radius 1 is 1.32 bits per heavy atom. The first kappa shape index (κ1) is 13.3. The summed E-state index contributed by atoms with van der Waals surface area (Å²) in [5.41, 5.74) is 0.907. The topological polar surface area (TPSA) is 68.0 Å². The minimum Gasteiger partial charge on any atom is -0.354 e. The van der Waals surface area contributed by atoms with Crippen molar-refractivity contribution in [2.75, 3.05) is 0 Å². The Morgan fingerprint density at radius 3 is 2.74 bits per heavy atom. The molecule has 0 unspecified atom stereocenters. The number of nitrogens with zero attached hydrogens (tertiary/aromatic N) is 2. The third-order valence-corrected chi connectivity index (χ3v) is 2.52. The van der Waals surface area contributed by atoms with Crippen LogP contribution in [0.15, 0.2) is 34.9 Å². The van der Waals surface area contributed by atoms with Crippen LogP contribution in [0.1, 0.15) is 26.2 Å². The summed E-state index contributed by atoms with van der Waals surface area (Å²) in [6, 6.07) is 9.75. The first-order chi connectivity index (χ1) is 9.15. The molecule has 1 amide bonds. The number of nitrogens with one attached hydrogen (secondary N) is 1. The monoisotopic (exact) mass is 259 g/mol. The summed E-state index contributed by atoms with van der Waals surface area (Å²) in [6.45, 7) is 3.86. The SMILES string of the molecule is CC(C)NC(=O)CCc1nc(-c2ccccc2)no1. The van der Waals surface area contributed by atoms with Gasteiger partial charge in [0, 0.05) is 24.4 Å². The lowest BCUT2D eigenvalue weighted by Crippen LogP contribution is -2.30. The Hall–Kier alpha value is -2.17. The highest BCUT2D eigenvalue weighted by Crippen LogP contribution is 2.15. The number of rotatable bonds is 5. The molecule has 19 heavy (non-hydrogen) atoms. The molecule has 0 aliphatic carbocycles. The summed E-state index contributed by atoms with van der Waals surface area (Å²) in [6.07, 6.45) is 0.812. The summed E-state index contributed by atoms with van der Waals surface area (Å²) in [5, 5.41) is 6.73. The molecule has 0 saturated carbocycles. The van der Waals surface area contributed by atoms with Crippen LogP contribution in [-0.2, 0) is 11.2 Å². The number of carbonyl (C=O) groups excluding carboxylic acids is 1. The van der Waals surface area contributed by atoms with E-state index in [0.29, 0.717) is 24.6 Å². The van der Waals surface area contributed by atoms with Gasteiger partial charge in [-0.05, 0) is 13.8 Å². The number of aryl methyl sites for hydroxylation is 1. The first-order valence-corrected chi connectivity index (χ1v) is 6.32. The van der Waals surface area contributed by atoms with E-state index in [1.165, 1.54) is 0 Å². The first-order valence-electron chi connectivity index (χ1n) is 6.32. The minimum atomic E-state index is -0.00513. The van der Waals surface area contributed by atoms with Crippen molar-refractivity contribution in [1.82, 2.24) is 15.5 Å². The van der Waals surface area contributed by atoms with Crippen molar-refractivity contribution >= 4 is 5.91 Å². The fourth-order valence-corrected chi connectivity index (χ4v) is 1.68. The van der Waals surface area contributed by atoms with Crippen molar-refractivity contribution in [2.24, 2.45) is 0 Å². The summed E-state index contributed by atoms with van der Waals surface area (Å²) < 4.78 is 5.13. The van der Waals surface area contributed by atoms with Gasteiger partial charge in [-0.15, -0.1) is 0 Å². The Morgan fingerprint density at radius 2 is 2.05 bits per heavy atom. The zero-order chi connectivity index (χ0) is 13.7. The molecule has 5 nitrogen and oxygen atoms in total. The van der Waals surface area contributed by atoms with Gasteiger partial charge in [0.1, 0.15) is 0 Å². The third kappa shape index (κ3) is 3.91. The standard InChI is InChI=1S/C14H17N3O2/c1-10(2)15-12(18)8-9-13-16-14(17-19-13)11-6-4-3-5-7-11/h3-7,10H,8-9H2,1-2H3,(H,15,18). The lowest BCUT2D eigenvalue weighted by Gasteiger charge is -2.06. The predicted octanol–water partition coefficient (Wildman–Crippen LogP) is 2.19. The zero-order valence-electron chi connectivity index (χ0n) is 11.1. The minimum absolute atomic E-state index is 0.00513. The van der Waals surface area contributed by atoms with Crippen molar-refractivity contribution in [2.45, 2.75) is 32.7 Å². The maximum absolute atomic E-state index is 11.5. The van der Waals surface area contributed by atoms with E-state index in [4.69, 9.17) is 4.52 Å². The van der Waals surface area contributed by atoms with E-state index in [1.807, 2.05) is 44.2 Å². The van der Waals surface area contributed by atoms with Crippen LogP contribution in [0.2, 0.25) is 0 Å². The predicted molar refractivity (Wildman–Crippen MR) is 71.3 cm³/mol. The van der Waals surface area contributed by atoms with Gasteiger partial charge < -0.3 is 9.84 Å². The summed E-state index contributed by atoms with van der Waals surface area (Å²) in [5.74, 6) is 1.03. The van der Waals surface area contributed by atoms with E-state index in [0.717, 1.165) is 5.56 Å². The van der Waals surface area contributed by atoms with Crippen molar-refractivity contribution < 1.29 is 9.32 Å². The second kappa shape index (κ2) is 6.13. The van der Waals surface area contributed by atoms with Crippen LogP contribution in [0.4, 0.5) is 0 Å². The van der Waals surface area contributed by atoms with Gasteiger partial charge in [-0.3, -0.25) is 4.79 Å². The molecule has 1 N–H and O–H groups in total. The van der Waals surface area contributed by atoms with Gasteiger partial charge >= 0.3 is 0 Å². The molecular weight excluding hydrogens is 242 g/mol. The summed E-state index contributed by atoms with van der Waals surface area (Å²) >= 11 is 0. The molecule has 0 radical (unpaired) electrons. The highest BCUT2D eigenvalue weighted by atomic mass is 16.5. The van der Waals surface area contributed by atoms with Gasteiger partial charge in [0.2, 0.25) is 17.6 Å². The van der Waals surface area contributed by atoms with E-state index in [2.05, 4.69) is 15.5 Å². The summed E-state index contributed by atoms with van der Waals surface area (Å²) in [4.78, 5) is 15.8. The van der Waals surface area contributed by atoms with Crippen molar-refractivity contribution in [1.29, 1.82) is 0 Å². The number of amides is 1. The number of hydrogen-bond donors (Lipinski definition) is 1. The Labute approximate surface area is 112 Å². The molecule has 1 heterocycles. The number of benzene rings is 1. The molecule has 2 rings (SSSR count). The lowest BCUT2D eigenvalue weighted by atomic mass is 10.2. The van der Waals surface area contributed by atoms with Crippen molar-refractivity contribution in [3.05, 3.63) is 36.2 Å². The molecule has 0 bridgehead atoms. The Bertz CT molecular complexity index is 535. The van der Waals surface area contributed by atoms with Crippen LogP contribution < -0.4 is 5.32 Å². The molecule has 5 heteroatoms. The fourth-order valence-electron chi connectivity index (χ4n) is 1.68. The molecule has 0 saturated heterocycles. The summed E-state index contributed by atoms with van der Waals surface area (Å²) in [7, 11) is 0. The lowest BCUT2D eigenvalue weighted by molar-refractivity contribution is -0.121. The number of hydrogen-bond acceptors (Lipinski definition) is 4. The quantitative estimate of drug-likeness (QED) is 0.893. The molecule has 1 aromatic heterocycles. The van der Waals surface area contributed by atoms with Crippen molar-refractivity contribution in [3.8, 4) is 11.4 Å². The van der Waals surface area contributed by atoms with Crippen LogP contribution in [0.3, 0.4) is 0 Å². The van der Waals surface area contributed by atoms with E-state index in [1.54, 1.807) is 0 Å². The molecule has 2 aromatic rings. The maximum atomic E-state index is 11.5. The molecule has 0 fully saturated rings. The smallest absolute Gasteiger partial charge is 0.227 e. The molecular formula is C14H17N3O2. The normalized spacial score (nSPS) is 10.7. The molecule has 0 spiro atoms. The van der Waals surface area contributed by atoms with E-state index >= 15 is 0 Å². The van der Waals surface area contributed by atoms with Crippen LogP contribution >= 0.6 is 0 Å². The Balaban J connectivity index is 1.93. The molecule has 1 aromatic carbocycles. The van der Waals surface area contributed by atoms with Crippen LogP contribution in [0, 0.1) is 0 Å². The fraction of sp³-hybridized carbons (Fsp3) is 0.357. The maximum Gasteiger partial charge on any atom is 0.227 e. The van der Waals surface area contributed by atoms with E-state index < -0.39 is 0 Å². The zero-order valence-corrected chi connectivity index (χ0v) is 11.1. The number of carbonyl (C=O) groups is 1. The van der Waals surface area contributed by atoms with Crippen LogP contribution in [0.5, 0.6) is 0 Å². The molecule has 0 atom stereocenters. The third-order valence-electron chi connectivity index (χ3n) is 2.52. The average molecular weight is 259 g/mol. The van der Waals surface area contributed by atoms with Crippen LogP contribution in [0.25, 0.3) is 11.4 Å². The second-order valence-electron chi connectivity index (χ2n) is 4.60. The molecule has 0 aliphatic rings. The highest BCUT2D eigenvalue weighted by molar-refractivity contribution is 5.76. The molecule has 100 valence electrons. The Kier molecular flexibility index (Phi) is 4.28. The largest absolute Gasteiger partial charge is 0.354 e. The molecule has 0 aliphatic heterocycles. The highest BCUT2D eigenvalue weighted by Gasteiger charge is 2.10. The van der Waals surface area contributed by atoms with Crippen molar-refractivity contribution in [3.63, 3.8) is 0 Å². The van der Waals surface area contributed by atoms with Gasteiger partial charge in [-0.2, -0.15) is 4.98 Å². The van der Waals surface area contributed by atoms with Crippen LogP contribution in [-0.4, -0.2) is 22.1 Å². The number of aromatic nitrogens is 2. The second-order valence-corrected chi connectivity index (χ2v) is 4.60. The average Bonchev–Trinajstić information content (AvgIpc) is 2.85. The van der Waals surface area contributed by atoms with Gasteiger partial charge in [-0.25, -0.2) is 0 Å². The van der Waals surface area contributed by atoms with E-state index in [-0.39, 0.29) is 11.9 Å². The van der Waals surface area contributed by atoms with E-state index in [9.17, 15) is 4.79 Å². The van der Waals surface area contributed by atoms with Gasteiger partial charge in [0.15, 0.2) is 0 Å². The van der Waals surface area contributed by atoms with Gasteiger partial charge in [0.05, 0.1) is 0 Å². The van der Waals surface area contributed by atoms with Gasteiger partial charge in [0.25, 0.3) is 0 Å².